The average molecular weight is 242 g/mol. The molecule has 0 aromatic carbocycles. The van der Waals surface area contributed by atoms with Crippen LogP contribution in [0.3, 0.4) is 0 Å². The van der Waals surface area contributed by atoms with Gasteiger partial charge in [0.15, 0.2) is 0 Å². The Morgan fingerprint density at radius 3 is 2.24 bits per heavy atom. The normalized spacial score (nSPS) is 36.9. The number of rotatable bonds is 0. The van der Waals surface area contributed by atoms with Gasteiger partial charge in [0.05, 0.1) is 0 Å². The van der Waals surface area contributed by atoms with Crippen molar-refractivity contribution in [2.24, 2.45) is 11.3 Å². The molecule has 1 aliphatic rings. The second-order valence-corrected chi connectivity index (χ2v) is 7.32. The Morgan fingerprint density at radius 1 is 0.824 bits per heavy atom. The summed E-state index contributed by atoms with van der Waals surface area (Å²) in [4.78, 5) is 0. The van der Waals surface area contributed by atoms with Gasteiger partial charge in [0.2, 0.25) is 0 Å². The minimum atomic E-state index is -0.928. The van der Waals surface area contributed by atoms with E-state index in [9.17, 15) is 4.39 Å². The minimum absolute atomic E-state index is 0.320. The first-order valence-electron chi connectivity index (χ1n) is 7.50. The monoisotopic (exact) mass is 242 g/mol. The highest BCUT2D eigenvalue weighted by Gasteiger charge is 2.28. The summed E-state index contributed by atoms with van der Waals surface area (Å²) in [6, 6.07) is 0. The Balaban J connectivity index is 2.54. The maximum atomic E-state index is 14.3. The van der Waals surface area contributed by atoms with Gasteiger partial charge < -0.3 is 0 Å². The molecule has 0 aromatic rings. The van der Waals surface area contributed by atoms with Crippen LogP contribution in [0.15, 0.2) is 0 Å². The van der Waals surface area contributed by atoms with E-state index in [1.54, 1.807) is 6.92 Å². The first-order valence-corrected chi connectivity index (χ1v) is 7.50. The Labute approximate surface area is 107 Å². The van der Waals surface area contributed by atoms with Crippen LogP contribution < -0.4 is 0 Å². The molecular formula is C16H31F. The van der Waals surface area contributed by atoms with E-state index in [2.05, 4.69) is 20.8 Å². The number of hydrogen-bond donors (Lipinski definition) is 0. The minimum Gasteiger partial charge on any atom is -0.244 e. The van der Waals surface area contributed by atoms with Gasteiger partial charge in [0.25, 0.3) is 0 Å². The van der Waals surface area contributed by atoms with Crippen molar-refractivity contribution in [1.82, 2.24) is 0 Å². The van der Waals surface area contributed by atoms with Crippen molar-refractivity contribution >= 4 is 0 Å². The van der Waals surface area contributed by atoms with Crippen LogP contribution in [0.4, 0.5) is 4.39 Å². The van der Waals surface area contributed by atoms with E-state index in [1.807, 2.05) is 0 Å². The Bertz CT molecular complexity index is 218. The van der Waals surface area contributed by atoms with Crippen LogP contribution in [0.2, 0.25) is 0 Å². The van der Waals surface area contributed by atoms with E-state index < -0.39 is 5.67 Å². The van der Waals surface area contributed by atoms with Crippen LogP contribution in [-0.2, 0) is 0 Å². The zero-order chi connectivity index (χ0) is 12.9. The zero-order valence-corrected chi connectivity index (χ0v) is 12.3. The van der Waals surface area contributed by atoms with Gasteiger partial charge >= 0.3 is 0 Å². The van der Waals surface area contributed by atoms with E-state index in [4.69, 9.17) is 0 Å². The largest absolute Gasteiger partial charge is 0.244 e. The molecule has 1 fully saturated rings. The third-order valence-corrected chi connectivity index (χ3v) is 4.53. The highest BCUT2D eigenvalue weighted by Crippen LogP contribution is 2.36. The van der Waals surface area contributed by atoms with Crippen LogP contribution >= 0.6 is 0 Å². The molecule has 102 valence electrons. The molecule has 0 spiro atoms. The second-order valence-electron chi connectivity index (χ2n) is 7.32. The maximum Gasteiger partial charge on any atom is 0.108 e. The predicted octanol–water partition coefficient (Wildman–Crippen LogP) is 5.90. The van der Waals surface area contributed by atoms with Gasteiger partial charge in [-0.2, -0.15) is 0 Å². The lowest BCUT2D eigenvalue weighted by atomic mass is 9.77. The number of halogens is 1. The topological polar surface area (TPSA) is 0 Å². The molecule has 1 rings (SSSR count). The van der Waals surface area contributed by atoms with Crippen LogP contribution in [0.5, 0.6) is 0 Å². The summed E-state index contributed by atoms with van der Waals surface area (Å²) in [5.41, 5.74) is -0.608. The van der Waals surface area contributed by atoms with Gasteiger partial charge in [-0.15, -0.1) is 0 Å². The Kier molecular flexibility index (Phi) is 5.47. The predicted molar refractivity (Wildman–Crippen MR) is 74.0 cm³/mol. The Hall–Kier alpha value is -0.0700. The van der Waals surface area contributed by atoms with Crippen LogP contribution in [0, 0.1) is 11.3 Å². The summed E-state index contributed by atoms with van der Waals surface area (Å²) >= 11 is 0. The molecule has 0 nitrogen and oxygen atoms in total. The summed E-state index contributed by atoms with van der Waals surface area (Å²) in [7, 11) is 0. The van der Waals surface area contributed by atoms with E-state index in [0.717, 1.165) is 31.6 Å². The highest BCUT2D eigenvalue weighted by atomic mass is 19.1. The SMILES string of the molecule is C[C@@H]1CCCCC[C@](C)(F)CCC(C)(C)CC1. The quantitative estimate of drug-likeness (QED) is 0.496. The molecule has 0 bridgehead atoms. The fourth-order valence-electron chi connectivity index (χ4n) is 2.79. The molecule has 0 radical (unpaired) electrons. The molecule has 0 aromatic heterocycles. The smallest absolute Gasteiger partial charge is 0.108 e. The molecule has 0 N–H and O–H groups in total. The summed E-state index contributed by atoms with van der Waals surface area (Å²) in [5, 5.41) is 0. The maximum absolute atomic E-state index is 14.3. The van der Waals surface area contributed by atoms with Gasteiger partial charge in [-0.05, 0) is 43.9 Å². The lowest BCUT2D eigenvalue weighted by molar-refractivity contribution is 0.122. The summed E-state index contributed by atoms with van der Waals surface area (Å²) in [5.74, 6) is 0.852. The summed E-state index contributed by atoms with van der Waals surface area (Å²) in [6.45, 7) is 8.79. The molecule has 0 saturated heterocycles. The van der Waals surface area contributed by atoms with Crippen molar-refractivity contribution in [3.05, 3.63) is 0 Å². The fraction of sp³-hybridized carbons (Fsp3) is 1.00. The van der Waals surface area contributed by atoms with E-state index in [0.29, 0.717) is 5.41 Å². The Morgan fingerprint density at radius 2 is 1.53 bits per heavy atom. The number of alkyl halides is 1. The van der Waals surface area contributed by atoms with Crippen molar-refractivity contribution in [1.29, 1.82) is 0 Å². The first kappa shape index (κ1) is 15.0. The summed E-state index contributed by atoms with van der Waals surface area (Å²) in [6.07, 6.45) is 10.0. The molecule has 0 amide bonds. The molecule has 0 unspecified atom stereocenters. The van der Waals surface area contributed by atoms with E-state index >= 15 is 0 Å². The molecule has 0 heterocycles. The second kappa shape index (κ2) is 6.20. The van der Waals surface area contributed by atoms with Crippen molar-refractivity contribution in [3.8, 4) is 0 Å². The molecule has 1 aliphatic carbocycles. The zero-order valence-electron chi connectivity index (χ0n) is 12.3. The van der Waals surface area contributed by atoms with Gasteiger partial charge in [-0.25, -0.2) is 4.39 Å². The fourth-order valence-corrected chi connectivity index (χ4v) is 2.79. The third-order valence-electron chi connectivity index (χ3n) is 4.53. The molecule has 0 aliphatic heterocycles. The molecular weight excluding hydrogens is 211 g/mol. The highest BCUT2D eigenvalue weighted by molar-refractivity contribution is 4.79. The van der Waals surface area contributed by atoms with Crippen LogP contribution in [0.25, 0.3) is 0 Å². The third kappa shape index (κ3) is 6.43. The van der Waals surface area contributed by atoms with Gasteiger partial charge in [0, 0.05) is 0 Å². The van der Waals surface area contributed by atoms with Gasteiger partial charge in [-0.1, -0.05) is 52.9 Å². The standard InChI is InChI=1S/C16H31F/c1-14-8-6-5-7-10-16(4,17)13-12-15(2,3)11-9-14/h14H,5-13H2,1-4H3/t14-,16+/m1/s1. The average Bonchev–Trinajstić information content (AvgIpc) is 2.23. The van der Waals surface area contributed by atoms with Crippen LogP contribution in [0.1, 0.15) is 85.5 Å². The molecule has 1 heteroatoms. The molecule has 1 saturated carbocycles. The lowest BCUT2D eigenvalue weighted by Crippen LogP contribution is -2.23. The van der Waals surface area contributed by atoms with Crippen molar-refractivity contribution in [2.45, 2.75) is 91.2 Å². The number of hydrogen-bond acceptors (Lipinski definition) is 0. The van der Waals surface area contributed by atoms with Crippen molar-refractivity contribution in [2.75, 3.05) is 0 Å². The van der Waals surface area contributed by atoms with Crippen molar-refractivity contribution < 1.29 is 4.39 Å². The first-order chi connectivity index (χ1) is 7.81. The summed E-state index contributed by atoms with van der Waals surface area (Å²) < 4.78 is 14.3. The van der Waals surface area contributed by atoms with Crippen molar-refractivity contribution in [3.63, 3.8) is 0 Å². The van der Waals surface area contributed by atoms with Gasteiger partial charge in [0.1, 0.15) is 5.67 Å². The van der Waals surface area contributed by atoms with E-state index in [1.165, 1.54) is 32.1 Å². The van der Waals surface area contributed by atoms with Gasteiger partial charge in [-0.3, -0.25) is 0 Å². The van der Waals surface area contributed by atoms with Crippen LogP contribution in [-0.4, -0.2) is 5.67 Å². The van der Waals surface area contributed by atoms with E-state index in [-0.39, 0.29) is 0 Å². The lowest BCUT2D eigenvalue weighted by Gasteiger charge is -2.30. The molecule has 17 heavy (non-hydrogen) atoms. The molecule has 2 atom stereocenters.